The molecule has 0 saturated carbocycles. The summed E-state index contributed by atoms with van der Waals surface area (Å²) in [5.74, 6) is -1.42. The van der Waals surface area contributed by atoms with Crippen molar-refractivity contribution in [3.8, 4) is 16.9 Å². The Balaban J connectivity index is 2.20. The summed E-state index contributed by atoms with van der Waals surface area (Å²) in [7, 11) is 0. The Morgan fingerprint density at radius 3 is 2.43 bits per heavy atom. The minimum atomic E-state index is -0.918. The first-order valence-electron chi connectivity index (χ1n) is 6.44. The first kappa shape index (κ1) is 13.3. The number of anilines is 1. The second-order valence-corrected chi connectivity index (χ2v) is 4.71. The lowest BCUT2D eigenvalue weighted by atomic mass is 10.1. The molecule has 21 heavy (non-hydrogen) atoms. The predicted octanol–water partition coefficient (Wildman–Crippen LogP) is 3.71. The van der Waals surface area contributed by atoms with Crippen molar-refractivity contribution in [2.75, 3.05) is 5.73 Å². The number of nitrogens with two attached hydrogens (primary N) is 1. The molecule has 106 valence electrons. The van der Waals surface area contributed by atoms with E-state index < -0.39 is 11.6 Å². The Kier molecular flexibility index (Phi) is 3.17. The lowest BCUT2D eigenvalue weighted by Gasteiger charge is -2.03. The molecule has 0 unspecified atom stereocenters. The first-order valence-corrected chi connectivity index (χ1v) is 6.44. The maximum Gasteiger partial charge on any atom is 0.168 e. The second kappa shape index (κ2) is 5.01. The van der Waals surface area contributed by atoms with Crippen molar-refractivity contribution < 1.29 is 8.78 Å². The number of nitrogen functional groups attached to an aromatic ring is 1. The van der Waals surface area contributed by atoms with Crippen molar-refractivity contribution >= 4 is 5.82 Å². The summed E-state index contributed by atoms with van der Waals surface area (Å²) in [5, 5.41) is 4.34. The summed E-state index contributed by atoms with van der Waals surface area (Å²) in [6.45, 7) is 1.74. The van der Waals surface area contributed by atoms with E-state index in [4.69, 9.17) is 5.73 Å². The van der Waals surface area contributed by atoms with Crippen LogP contribution in [0.15, 0.2) is 48.5 Å². The molecular formula is C16H13F2N3. The molecule has 0 amide bonds. The van der Waals surface area contributed by atoms with Gasteiger partial charge in [-0.1, -0.05) is 24.3 Å². The van der Waals surface area contributed by atoms with Gasteiger partial charge in [-0.2, -0.15) is 5.10 Å². The smallest absolute Gasteiger partial charge is 0.168 e. The Morgan fingerprint density at radius 1 is 1.00 bits per heavy atom. The number of nitrogens with zero attached hydrogens (tertiary/aromatic N) is 2. The van der Waals surface area contributed by atoms with Gasteiger partial charge in [0.25, 0.3) is 0 Å². The monoisotopic (exact) mass is 285 g/mol. The molecule has 0 aliphatic carbocycles. The van der Waals surface area contributed by atoms with Crippen molar-refractivity contribution in [1.82, 2.24) is 9.78 Å². The molecule has 3 aromatic rings. The fourth-order valence-corrected chi connectivity index (χ4v) is 2.22. The van der Waals surface area contributed by atoms with Gasteiger partial charge in [0.1, 0.15) is 11.5 Å². The van der Waals surface area contributed by atoms with Crippen LogP contribution < -0.4 is 5.73 Å². The van der Waals surface area contributed by atoms with Gasteiger partial charge in [-0.25, -0.2) is 13.5 Å². The van der Waals surface area contributed by atoms with Crippen LogP contribution in [0.1, 0.15) is 5.56 Å². The summed E-state index contributed by atoms with van der Waals surface area (Å²) >= 11 is 0. The molecule has 0 radical (unpaired) electrons. The van der Waals surface area contributed by atoms with Crippen molar-refractivity contribution in [3.63, 3.8) is 0 Å². The van der Waals surface area contributed by atoms with E-state index in [0.717, 1.165) is 11.8 Å². The van der Waals surface area contributed by atoms with Crippen molar-refractivity contribution in [1.29, 1.82) is 0 Å². The number of hydrogen-bond acceptors (Lipinski definition) is 2. The van der Waals surface area contributed by atoms with Gasteiger partial charge in [0.05, 0.1) is 5.69 Å². The van der Waals surface area contributed by atoms with Crippen LogP contribution in [0.2, 0.25) is 0 Å². The zero-order valence-electron chi connectivity index (χ0n) is 11.3. The summed E-state index contributed by atoms with van der Waals surface area (Å²) in [6.07, 6.45) is 0. The number of hydrogen-bond donors (Lipinski definition) is 1. The van der Waals surface area contributed by atoms with E-state index in [0.29, 0.717) is 17.1 Å². The molecule has 0 aliphatic heterocycles. The molecular weight excluding hydrogens is 272 g/mol. The molecule has 0 fully saturated rings. The highest BCUT2D eigenvalue weighted by Crippen LogP contribution is 2.30. The summed E-state index contributed by atoms with van der Waals surface area (Å²) in [5.41, 5.74) is 7.87. The average molecular weight is 285 g/mol. The topological polar surface area (TPSA) is 43.8 Å². The third kappa shape index (κ3) is 2.16. The van der Waals surface area contributed by atoms with Crippen LogP contribution in [0.25, 0.3) is 16.9 Å². The third-order valence-corrected chi connectivity index (χ3v) is 3.38. The maximum absolute atomic E-state index is 13.9. The van der Waals surface area contributed by atoms with Gasteiger partial charge in [-0.3, -0.25) is 0 Å². The molecule has 0 saturated heterocycles. The van der Waals surface area contributed by atoms with E-state index in [-0.39, 0.29) is 5.56 Å². The zero-order chi connectivity index (χ0) is 15.0. The summed E-state index contributed by atoms with van der Waals surface area (Å²) in [6, 6.07) is 13.3. The van der Waals surface area contributed by atoms with E-state index in [1.807, 2.05) is 30.3 Å². The summed E-state index contributed by atoms with van der Waals surface area (Å²) < 4.78 is 28.9. The quantitative estimate of drug-likeness (QED) is 0.780. The maximum atomic E-state index is 13.9. The van der Waals surface area contributed by atoms with Gasteiger partial charge >= 0.3 is 0 Å². The molecule has 0 aliphatic rings. The van der Waals surface area contributed by atoms with Crippen LogP contribution in [-0.2, 0) is 0 Å². The van der Waals surface area contributed by atoms with Gasteiger partial charge in [-0.05, 0) is 31.2 Å². The molecule has 2 N–H and O–H groups in total. The number of rotatable bonds is 2. The Labute approximate surface area is 120 Å². The number of aromatic nitrogens is 2. The van der Waals surface area contributed by atoms with Crippen LogP contribution in [-0.4, -0.2) is 9.78 Å². The fourth-order valence-electron chi connectivity index (χ4n) is 2.22. The van der Waals surface area contributed by atoms with Gasteiger partial charge in [0.2, 0.25) is 0 Å². The second-order valence-electron chi connectivity index (χ2n) is 4.71. The zero-order valence-corrected chi connectivity index (χ0v) is 11.3. The van der Waals surface area contributed by atoms with Gasteiger partial charge in [-0.15, -0.1) is 0 Å². The normalized spacial score (nSPS) is 10.8. The van der Waals surface area contributed by atoms with Gasteiger partial charge < -0.3 is 5.73 Å². The van der Waals surface area contributed by atoms with E-state index in [2.05, 4.69) is 5.10 Å². The molecule has 1 aromatic heterocycles. The number of benzene rings is 2. The Hall–Kier alpha value is -2.69. The standard InChI is InChI=1S/C16H13F2N3/c1-10-15(12-8-5-9-13(17)14(12)18)20-21(16(10)19)11-6-3-2-4-7-11/h2-9H,19H2,1H3. The highest BCUT2D eigenvalue weighted by molar-refractivity contribution is 5.69. The van der Waals surface area contributed by atoms with Crippen LogP contribution in [0.4, 0.5) is 14.6 Å². The molecule has 5 heteroatoms. The van der Waals surface area contributed by atoms with Crippen LogP contribution in [0, 0.1) is 18.6 Å². The lowest BCUT2D eigenvalue weighted by molar-refractivity contribution is 0.511. The molecule has 3 nitrogen and oxygen atoms in total. The van der Waals surface area contributed by atoms with E-state index >= 15 is 0 Å². The van der Waals surface area contributed by atoms with E-state index in [1.165, 1.54) is 16.8 Å². The number of para-hydroxylation sites is 1. The summed E-state index contributed by atoms with van der Waals surface area (Å²) in [4.78, 5) is 0. The highest BCUT2D eigenvalue weighted by Gasteiger charge is 2.19. The van der Waals surface area contributed by atoms with E-state index in [9.17, 15) is 8.78 Å². The number of halogens is 2. The van der Waals surface area contributed by atoms with Crippen LogP contribution in [0.5, 0.6) is 0 Å². The largest absolute Gasteiger partial charge is 0.383 e. The third-order valence-electron chi connectivity index (χ3n) is 3.38. The molecule has 3 rings (SSSR count). The molecule has 0 bridgehead atoms. The molecule has 0 spiro atoms. The minimum Gasteiger partial charge on any atom is -0.383 e. The first-order chi connectivity index (χ1) is 10.1. The van der Waals surface area contributed by atoms with E-state index in [1.54, 1.807) is 6.92 Å². The molecule has 2 aromatic carbocycles. The van der Waals surface area contributed by atoms with Gasteiger partial charge in [0.15, 0.2) is 11.6 Å². The Morgan fingerprint density at radius 2 is 1.71 bits per heavy atom. The average Bonchev–Trinajstić information content (AvgIpc) is 2.79. The van der Waals surface area contributed by atoms with Crippen molar-refractivity contribution in [2.24, 2.45) is 0 Å². The van der Waals surface area contributed by atoms with Crippen molar-refractivity contribution in [3.05, 3.63) is 65.7 Å². The van der Waals surface area contributed by atoms with Crippen LogP contribution in [0.3, 0.4) is 0 Å². The highest BCUT2D eigenvalue weighted by atomic mass is 19.2. The fraction of sp³-hybridized carbons (Fsp3) is 0.0625. The lowest BCUT2D eigenvalue weighted by Crippen LogP contribution is -2.01. The SMILES string of the molecule is Cc1c(-c2cccc(F)c2F)nn(-c2ccccc2)c1N. The molecule has 1 heterocycles. The predicted molar refractivity (Wildman–Crippen MR) is 78.1 cm³/mol. The van der Waals surface area contributed by atoms with Gasteiger partial charge in [0, 0.05) is 11.1 Å². The van der Waals surface area contributed by atoms with Crippen molar-refractivity contribution in [2.45, 2.75) is 6.92 Å². The Bertz CT molecular complexity index is 795. The molecule has 0 atom stereocenters. The van der Waals surface area contributed by atoms with Crippen LogP contribution >= 0.6 is 0 Å². The minimum absolute atomic E-state index is 0.105.